The van der Waals surface area contributed by atoms with E-state index < -0.39 is 5.92 Å². The summed E-state index contributed by atoms with van der Waals surface area (Å²) in [7, 11) is 1.97. The molecule has 0 atom stereocenters. The lowest BCUT2D eigenvalue weighted by atomic mass is 9.71. The molecule has 1 N–H and O–H groups in total. The van der Waals surface area contributed by atoms with Crippen LogP contribution in [0.1, 0.15) is 55.6 Å². The summed E-state index contributed by atoms with van der Waals surface area (Å²) in [5.41, 5.74) is 5.59. The van der Waals surface area contributed by atoms with Gasteiger partial charge in [0.15, 0.2) is 18.2 Å². The van der Waals surface area contributed by atoms with Crippen LogP contribution in [0, 0.1) is 6.92 Å². The molecule has 0 spiro atoms. The van der Waals surface area contributed by atoms with Crippen LogP contribution in [0.4, 0.5) is 5.69 Å². The standard InChI is InChI=1S/C29H28BrClN2O4/c1-16-9-11-18(14-20(16)31)32-26(36)15-37-25-12-10-17(30)13-19(25)27-28-21(5-3-7-23(28)34)33(2)22-6-4-8-24(35)29(22)27/h9-14,27H,3-8,15H2,1-2H3,(H,32,36). The van der Waals surface area contributed by atoms with Crippen molar-refractivity contribution in [1.82, 2.24) is 4.90 Å². The Bertz CT molecular complexity index is 1340. The number of ether oxygens (including phenoxy) is 1. The summed E-state index contributed by atoms with van der Waals surface area (Å²) in [4.78, 5) is 41.4. The predicted octanol–water partition coefficient (Wildman–Crippen LogP) is 6.47. The quantitative estimate of drug-likeness (QED) is 0.437. The summed E-state index contributed by atoms with van der Waals surface area (Å²) in [5.74, 6) is -0.219. The first-order chi connectivity index (χ1) is 17.7. The number of benzene rings is 2. The number of halogens is 2. The first-order valence-corrected chi connectivity index (χ1v) is 13.7. The van der Waals surface area contributed by atoms with E-state index in [9.17, 15) is 14.4 Å². The number of Topliss-reactive ketones (excluding diaryl/α,β-unsaturated/α-hetero) is 2. The van der Waals surface area contributed by atoms with Gasteiger partial charge < -0.3 is 15.0 Å². The second-order valence-electron chi connectivity index (χ2n) is 9.75. The zero-order valence-electron chi connectivity index (χ0n) is 20.8. The van der Waals surface area contributed by atoms with Crippen LogP contribution in [-0.2, 0) is 14.4 Å². The summed E-state index contributed by atoms with van der Waals surface area (Å²) >= 11 is 9.74. The number of amides is 1. The number of nitrogens with one attached hydrogen (secondary N) is 1. The van der Waals surface area contributed by atoms with Gasteiger partial charge in [-0.2, -0.15) is 0 Å². The van der Waals surface area contributed by atoms with Crippen LogP contribution in [0.2, 0.25) is 5.02 Å². The molecule has 1 aliphatic heterocycles. The molecule has 2 aromatic rings. The zero-order chi connectivity index (χ0) is 26.3. The summed E-state index contributed by atoms with van der Waals surface area (Å²) in [6.45, 7) is 1.66. The smallest absolute Gasteiger partial charge is 0.262 e. The Labute approximate surface area is 229 Å². The maximum atomic E-state index is 13.3. The Kier molecular flexibility index (Phi) is 7.28. The summed E-state index contributed by atoms with van der Waals surface area (Å²) in [5, 5.41) is 3.38. The van der Waals surface area contributed by atoms with Gasteiger partial charge in [0.25, 0.3) is 5.91 Å². The molecule has 2 aliphatic carbocycles. The Morgan fingerprint density at radius 1 is 1.03 bits per heavy atom. The number of carbonyl (C=O) groups excluding carboxylic acids is 3. The van der Waals surface area contributed by atoms with Crippen LogP contribution in [0.5, 0.6) is 5.75 Å². The fourth-order valence-electron chi connectivity index (χ4n) is 5.55. The molecule has 5 rings (SSSR count). The molecule has 8 heteroatoms. The molecule has 37 heavy (non-hydrogen) atoms. The van der Waals surface area contributed by atoms with Gasteiger partial charge in [0.1, 0.15) is 5.75 Å². The third-order valence-electron chi connectivity index (χ3n) is 7.34. The maximum Gasteiger partial charge on any atom is 0.262 e. The number of anilines is 1. The number of aryl methyl sites for hydroxylation is 1. The van der Waals surface area contributed by atoms with E-state index in [0.29, 0.717) is 40.4 Å². The fourth-order valence-corrected chi connectivity index (χ4v) is 6.11. The molecule has 0 saturated carbocycles. The predicted molar refractivity (Wildman–Crippen MR) is 147 cm³/mol. The van der Waals surface area contributed by atoms with Crippen molar-refractivity contribution in [2.45, 2.75) is 51.4 Å². The van der Waals surface area contributed by atoms with E-state index in [1.54, 1.807) is 18.2 Å². The van der Waals surface area contributed by atoms with E-state index in [1.165, 1.54) is 0 Å². The lowest BCUT2D eigenvalue weighted by Gasteiger charge is -2.42. The maximum absolute atomic E-state index is 13.3. The molecule has 6 nitrogen and oxygen atoms in total. The molecule has 0 radical (unpaired) electrons. The average molecular weight is 584 g/mol. The highest BCUT2D eigenvalue weighted by Crippen LogP contribution is 2.50. The average Bonchev–Trinajstić information content (AvgIpc) is 2.87. The second-order valence-corrected chi connectivity index (χ2v) is 11.1. The van der Waals surface area contributed by atoms with Crippen molar-refractivity contribution in [2.24, 2.45) is 0 Å². The number of hydrogen-bond donors (Lipinski definition) is 1. The normalized spacial score (nSPS) is 18.1. The molecule has 192 valence electrons. The van der Waals surface area contributed by atoms with E-state index in [0.717, 1.165) is 52.7 Å². The van der Waals surface area contributed by atoms with E-state index in [1.807, 2.05) is 32.2 Å². The van der Waals surface area contributed by atoms with Crippen molar-refractivity contribution in [2.75, 3.05) is 19.0 Å². The molecule has 0 aromatic heterocycles. The first kappa shape index (κ1) is 25.7. The van der Waals surface area contributed by atoms with E-state index in [4.69, 9.17) is 16.3 Å². The summed E-state index contributed by atoms with van der Waals surface area (Å²) in [6.07, 6.45) is 4.12. The first-order valence-electron chi connectivity index (χ1n) is 12.5. The van der Waals surface area contributed by atoms with Crippen molar-refractivity contribution in [3.05, 3.63) is 79.6 Å². The highest BCUT2D eigenvalue weighted by Gasteiger charge is 2.43. The van der Waals surface area contributed by atoms with Gasteiger partial charge in [0, 0.05) is 69.1 Å². The Morgan fingerprint density at radius 2 is 1.68 bits per heavy atom. The highest BCUT2D eigenvalue weighted by molar-refractivity contribution is 9.10. The van der Waals surface area contributed by atoms with Crippen molar-refractivity contribution in [3.8, 4) is 5.75 Å². The fraction of sp³-hybridized carbons (Fsp3) is 0.345. The van der Waals surface area contributed by atoms with Gasteiger partial charge in [0.05, 0.1) is 0 Å². The monoisotopic (exact) mass is 582 g/mol. The van der Waals surface area contributed by atoms with Crippen molar-refractivity contribution in [1.29, 1.82) is 0 Å². The van der Waals surface area contributed by atoms with Gasteiger partial charge >= 0.3 is 0 Å². The van der Waals surface area contributed by atoms with Crippen LogP contribution in [-0.4, -0.2) is 36.0 Å². The van der Waals surface area contributed by atoms with Crippen LogP contribution < -0.4 is 10.1 Å². The lowest BCUT2D eigenvalue weighted by molar-refractivity contribution is -0.119. The number of carbonyl (C=O) groups is 3. The zero-order valence-corrected chi connectivity index (χ0v) is 23.2. The molecular formula is C29H28BrClN2O4. The van der Waals surface area contributed by atoms with E-state index in [2.05, 4.69) is 26.1 Å². The van der Waals surface area contributed by atoms with Crippen LogP contribution in [0.25, 0.3) is 0 Å². The molecular weight excluding hydrogens is 556 g/mol. The largest absolute Gasteiger partial charge is 0.483 e. The molecule has 0 fully saturated rings. The molecule has 0 unspecified atom stereocenters. The number of nitrogens with zero attached hydrogens (tertiary/aromatic N) is 1. The molecule has 3 aliphatic rings. The van der Waals surface area contributed by atoms with Crippen molar-refractivity contribution >= 4 is 50.7 Å². The van der Waals surface area contributed by atoms with Gasteiger partial charge in [-0.3, -0.25) is 14.4 Å². The Balaban J connectivity index is 1.50. The van der Waals surface area contributed by atoms with Gasteiger partial charge in [-0.15, -0.1) is 0 Å². The van der Waals surface area contributed by atoms with E-state index >= 15 is 0 Å². The molecule has 1 heterocycles. The molecule has 2 aromatic carbocycles. The molecule has 0 bridgehead atoms. The third-order valence-corrected chi connectivity index (χ3v) is 8.24. The van der Waals surface area contributed by atoms with Crippen molar-refractivity contribution < 1.29 is 19.1 Å². The number of allylic oxidation sites excluding steroid dienone is 4. The van der Waals surface area contributed by atoms with Crippen molar-refractivity contribution in [3.63, 3.8) is 0 Å². The van der Waals surface area contributed by atoms with Crippen LogP contribution in [0.15, 0.2) is 63.4 Å². The number of rotatable bonds is 5. The third kappa shape index (κ3) is 4.99. The van der Waals surface area contributed by atoms with Gasteiger partial charge in [-0.05, 0) is 68.5 Å². The number of hydrogen-bond acceptors (Lipinski definition) is 5. The SMILES string of the molecule is Cc1ccc(NC(=O)COc2ccc(Br)cc2C2C3=C(CCCC3=O)N(C)C3=C2C(=O)CCC3)cc1Cl. The van der Waals surface area contributed by atoms with Gasteiger partial charge in [-0.1, -0.05) is 33.6 Å². The molecule has 1 amide bonds. The van der Waals surface area contributed by atoms with Gasteiger partial charge in [-0.25, -0.2) is 0 Å². The second kappa shape index (κ2) is 10.5. The summed E-state index contributed by atoms with van der Waals surface area (Å²) in [6, 6.07) is 10.8. The lowest BCUT2D eigenvalue weighted by Crippen LogP contribution is -2.37. The van der Waals surface area contributed by atoms with Crippen LogP contribution in [0.3, 0.4) is 0 Å². The number of ketones is 2. The van der Waals surface area contributed by atoms with Crippen LogP contribution >= 0.6 is 27.5 Å². The minimum Gasteiger partial charge on any atom is -0.483 e. The molecule has 0 saturated heterocycles. The highest BCUT2D eigenvalue weighted by atomic mass is 79.9. The Hall–Kier alpha value is -2.90. The van der Waals surface area contributed by atoms with E-state index in [-0.39, 0.29) is 24.1 Å². The van der Waals surface area contributed by atoms with Gasteiger partial charge in [0.2, 0.25) is 0 Å². The summed E-state index contributed by atoms with van der Waals surface area (Å²) < 4.78 is 6.85. The minimum atomic E-state index is -0.506. The Morgan fingerprint density at radius 3 is 2.30 bits per heavy atom. The minimum absolute atomic E-state index is 0.0722. The topological polar surface area (TPSA) is 75.7 Å².